The number of amides is 4. The molecule has 3 aliphatic rings. The van der Waals surface area contributed by atoms with Gasteiger partial charge >= 0.3 is 0 Å². The van der Waals surface area contributed by atoms with Crippen LogP contribution in [0.2, 0.25) is 0 Å². The first kappa shape index (κ1) is 41.8. The van der Waals surface area contributed by atoms with E-state index in [9.17, 15) is 19.2 Å². The Labute approximate surface area is 316 Å². The molecule has 6 rings (SSSR count). The number of fused-ring (bicyclic) bond motifs is 18. The Morgan fingerprint density at radius 2 is 1.78 bits per heavy atom. The maximum absolute atomic E-state index is 14.1. The van der Waals surface area contributed by atoms with Crippen molar-refractivity contribution in [3.63, 3.8) is 0 Å². The third-order valence-corrected chi connectivity index (χ3v) is 9.91. The smallest absolute Gasteiger partial charge is 0.290 e. The number of benzene rings is 2. The van der Waals surface area contributed by atoms with E-state index in [2.05, 4.69) is 27.0 Å². The number of carbonyl (C=O) groups is 5. The molecule has 294 valence electrons. The molecule has 1 atom stereocenters. The summed E-state index contributed by atoms with van der Waals surface area (Å²) < 4.78 is 16.7. The van der Waals surface area contributed by atoms with Crippen LogP contribution in [0.4, 0.5) is 0 Å². The maximum Gasteiger partial charge on any atom is 0.290 e. The molecule has 1 aromatic heterocycles. The standard InChI is InChI=1S/C39H53N5O7.CH2O2/c1-49-24-18-39(38(48)43-31-16-22-50-23-17-31)25-29-12-14-32(15-13-29)51-27-36(46)40-19-6-21-44(20-5-10-35(45)42-28-39)37(47)11-4-7-30-26-41-34-9-3-2-8-33(30)34;2-1-3/h2-3,8-9,12-15,26,31,41H,4-7,10-11,16-25,27-28H2,1H3,(H,40,46)(H,42,45)(H,43,48);1H,(H,2,3). The van der Waals surface area contributed by atoms with Crippen LogP contribution in [0.25, 0.3) is 10.9 Å². The van der Waals surface area contributed by atoms with Crippen molar-refractivity contribution in [2.45, 2.75) is 70.3 Å². The number of hydrogen-bond acceptors (Lipinski definition) is 8. The van der Waals surface area contributed by atoms with Gasteiger partial charge in [-0.3, -0.25) is 24.0 Å². The van der Waals surface area contributed by atoms with Gasteiger partial charge < -0.3 is 45.2 Å². The topological polar surface area (TPSA) is 188 Å². The molecule has 3 aliphatic heterocycles. The van der Waals surface area contributed by atoms with Gasteiger partial charge in [0.1, 0.15) is 5.75 Å². The van der Waals surface area contributed by atoms with E-state index in [4.69, 9.17) is 24.1 Å². The van der Waals surface area contributed by atoms with E-state index in [0.717, 1.165) is 30.3 Å². The van der Waals surface area contributed by atoms with Crippen LogP contribution in [0, 0.1) is 5.41 Å². The molecule has 3 aromatic rings. The van der Waals surface area contributed by atoms with E-state index in [0.29, 0.717) is 83.7 Å². The SMILES string of the molecule is COCCC1(C(=O)NC2CCOCC2)CNC(=O)CCCN(C(=O)CCCc2c[nH]c3ccccc23)CCCNC(=O)COc2ccc(cc2)C1.O=CO. The lowest BCUT2D eigenvalue weighted by molar-refractivity contribution is -0.135. The molecule has 54 heavy (non-hydrogen) atoms. The molecule has 4 heterocycles. The van der Waals surface area contributed by atoms with E-state index >= 15 is 0 Å². The second-order valence-corrected chi connectivity index (χ2v) is 13.8. The summed E-state index contributed by atoms with van der Waals surface area (Å²) in [5.74, 6) is 0.0156. The molecule has 14 nitrogen and oxygen atoms in total. The number of carboxylic acid groups (broad SMARTS) is 1. The van der Waals surface area contributed by atoms with Crippen LogP contribution in [0.15, 0.2) is 54.7 Å². The number of nitrogens with zero attached hydrogens (tertiary/aromatic N) is 1. The van der Waals surface area contributed by atoms with Crippen molar-refractivity contribution >= 4 is 41.0 Å². The zero-order chi connectivity index (χ0) is 38.6. The van der Waals surface area contributed by atoms with Gasteiger partial charge in [-0.05, 0) is 80.7 Å². The Morgan fingerprint density at radius 3 is 2.54 bits per heavy atom. The predicted molar refractivity (Wildman–Crippen MR) is 203 cm³/mol. The van der Waals surface area contributed by atoms with Crippen molar-refractivity contribution in [2.24, 2.45) is 5.41 Å². The van der Waals surface area contributed by atoms with Crippen molar-refractivity contribution in [1.82, 2.24) is 25.8 Å². The monoisotopic (exact) mass is 749 g/mol. The molecule has 5 N–H and O–H groups in total. The summed E-state index contributed by atoms with van der Waals surface area (Å²) in [6.07, 6.45) is 7.36. The average molecular weight is 750 g/mol. The number of H-pyrrole nitrogens is 1. The van der Waals surface area contributed by atoms with Crippen LogP contribution in [0.3, 0.4) is 0 Å². The number of aromatic nitrogens is 1. The van der Waals surface area contributed by atoms with E-state index in [-0.39, 0.29) is 55.7 Å². The second-order valence-electron chi connectivity index (χ2n) is 13.8. The van der Waals surface area contributed by atoms with Gasteiger partial charge in [0.15, 0.2) is 6.61 Å². The largest absolute Gasteiger partial charge is 0.484 e. The highest BCUT2D eigenvalue weighted by Gasteiger charge is 2.40. The Hall–Kier alpha value is -4.95. The van der Waals surface area contributed by atoms with Crippen molar-refractivity contribution in [1.29, 1.82) is 0 Å². The number of hydrogen-bond donors (Lipinski definition) is 5. The second kappa shape index (κ2) is 22.3. The van der Waals surface area contributed by atoms with E-state index in [1.807, 2.05) is 36.5 Å². The molecule has 2 aromatic carbocycles. The minimum Gasteiger partial charge on any atom is -0.484 e. The summed E-state index contributed by atoms with van der Waals surface area (Å²) in [6.45, 7) is 2.56. The van der Waals surface area contributed by atoms with Crippen LogP contribution in [0.1, 0.15) is 62.5 Å². The van der Waals surface area contributed by atoms with Gasteiger partial charge in [-0.25, -0.2) is 0 Å². The van der Waals surface area contributed by atoms with Gasteiger partial charge in [0.2, 0.25) is 17.7 Å². The lowest BCUT2D eigenvalue weighted by Gasteiger charge is -2.35. The highest BCUT2D eigenvalue weighted by molar-refractivity contribution is 5.85. The number of aromatic amines is 1. The summed E-state index contributed by atoms with van der Waals surface area (Å²) in [5.41, 5.74) is 2.19. The summed E-state index contributed by atoms with van der Waals surface area (Å²) in [7, 11) is 1.60. The van der Waals surface area contributed by atoms with Crippen molar-refractivity contribution in [3.05, 3.63) is 65.9 Å². The van der Waals surface area contributed by atoms with Crippen molar-refractivity contribution < 1.29 is 43.3 Å². The molecule has 0 spiro atoms. The quantitative estimate of drug-likeness (QED) is 0.205. The van der Waals surface area contributed by atoms with Gasteiger partial charge in [-0.15, -0.1) is 0 Å². The maximum atomic E-state index is 14.1. The number of nitrogens with one attached hydrogen (secondary N) is 4. The summed E-state index contributed by atoms with van der Waals surface area (Å²) >= 11 is 0. The van der Waals surface area contributed by atoms with Crippen molar-refractivity contribution in [2.75, 3.05) is 59.7 Å². The number of rotatable bonds is 9. The van der Waals surface area contributed by atoms with Gasteiger partial charge in [0.05, 0.1) is 5.41 Å². The van der Waals surface area contributed by atoms with E-state index in [1.165, 1.54) is 10.9 Å². The molecule has 4 amide bonds. The Bertz CT molecular complexity index is 1640. The minimum atomic E-state index is -0.972. The molecule has 1 saturated heterocycles. The summed E-state index contributed by atoms with van der Waals surface area (Å²) in [6, 6.07) is 15.5. The van der Waals surface area contributed by atoms with E-state index in [1.54, 1.807) is 24.1 Å². The van der Waals surface area contributed by atoms with Crippen LogP contribution in [0.5, 0.6) is 5.75 Å². The molecule has 1 unspecified atom stereocenters. The minimum absolute atomic E-state index is 0.00441. The van der Waals surface area contributed by atoms with E-state index < -0.39 is 5.41 Å². The first-order chi connectivity index (χ1) is 26.3. The molecule has 1 fully saturated rings. The first-order valence-electron chi connectivity index (χ1n) is 18.8. The van der Waals surface area contributed by atoms with Crippen LogP contribution in [-0.4, -0.2) is 111 Å². The molecule has 14 heteroatoms. The lowest BCUT2D eigenvalue weighted by atomic mass is 9.77. The highest BCUT2D eigenvalue weighted by atomic mass is 16.5. The van der Waals surface area contributed by atoms with Gasteiger partial charge in [0, 0.05) is 89.1 Å². The zero-order valence-corrected chi connectivity index (χ0v) is 31.2. The van der Waals surface area contributed by atoms with Crippen LogP contribution >= 0.6 is 0 Å². The number of aryl methyl sites for hydroxylation is 1. The number of carbonyl (C=O) groups excluding carboxylic acids is 4. The number of para-hydroxylation sites is 1. The molecule has 0 saturated carbocycles. The Morgan fingerprint density at radius 1 is 1.04 bits per heavy atom. The molecular formula is C40H55N5O9. The number of methoxy groups -OCH3 is 1. The fourth-order valence-electron chi connectivity index (χ4n) is 6.86. The predicted octanol–water partition coefficient (Wildman–Crippen LogP) is 3.38. The van der Waals surface area contributed by atoms with Gasteiger partial charge in [-0.1, -0.05) is 30.3 Å². The fraction of sp³-hybridized carbons (Fsp3) is 0.525. The molecular weight excluding hydrogens is 694 g/mol. The fourth-order valence-corrected chi connectivity index (χ4v) is 6.86. The molecule has 0 radical (unpaired) electrons. The normalized spacial score (nSPS) is 19.4. The third kappa shape index (κ3) is 13.2. The van der Waals surface area contributed by atoms with Crippen LogP contribution in [-0.2, 0) is 46.3 Å². The average Bonchev–Trinajstić information content (AvgIpc) is 3.59. The molecule has 2 bridgehead atoms. The van der Waals surface area contributed by atoms with Crippen molar-refractivity contribution in [3.8, 4) is 5.75 Å². The Balaban J connectivity index is 0.00000209. The summed E-state index contributed by atoms with van der Waals surface area (Å²) in [4.78, 5) is 66.9. The summed E-state index contributed by atoms with van der Waals surface area (Å²) in [5, 5.41) is 17.3. The number of ether oxygens (including phenoxy) is 3. The van der Waals surface area contributed by atoms with Gasteiger partial charge in [0.25, 0.3) is 12.4 Å². The highest BCUT2D eigenvalue weighted by Crippen LogP contribution is 2.30. The molecule has 0 aliphatic carbocycles. The Kier molecular flexibility index (Phi) is 17.3. The zero-order valence-electron chi connectivity index (χ0n) is 31.2. The third-order valence-electron chi connectivity index (χ3n) is 9.91. The van der Waals surface area contributed by atoms with Gasteiger partial charge in [-0.2, -0.15) is 0 Å². The lowest BCUT2D eigenvalue weighted by Crippen LogP contribution is -2.53. The van der Waals surface area contributed by atoms with Crippen LogP contribution < -0.4 is 20.7 Å². The first-order valence-corrected chi connectivity index (χ1v) is 18.8.